The number of benzene rings is 2. The molecule has 0 radical (unpaired) electrons. The minimum Gasteiger partial charge on any atom is -0.334 e. The van der Waals surface area contributed by atoms with Crippen molar-refractivity contribution in [2.24, 2.45) is 0 Å². The van der Waals surface area contributed by atoms with Gasteiger partial charge < -0.3 is 4.52 Å². The van der Waals surface area contributed by atoms with Crippen molar-refractivity contribution < 1.29 is 4.52 Å². The van der Waals surface area contributed by atoms with Gasteiger partial charge in [0.1, 0.15) is 0 Å². The number of hydrogen-bond donors (Lipinski definition) is 0. The number of aromatic nitrogens is 4. The standard InChI is InChI=1S/C19H16N4O2/c1-12-4-3-5-14(8-12)18-21-17(22-25-18)10-23-11-20-16-7-6-13(2)9-15(16)19(23)24/h3-9,11H,10H2,1-2H3. The second-order valence-electron chi connectivity index (χ2n) is 6.08. The average Bonchev–Trinajstić information content (AvgIpc) is 3.07. The summed E-state index contributed by atoms with van der Waals surface area (Å²) in [6.07, 6.45) is 1.52. The zero-order chi connectivity index (χ0) is 17.4. The molecule has 124 valence electrons. The molecule has 2 heterocycles. The summed E-state index contributed by atoms with van der Waals surface area (Å²) in [6.45, 7) is 4.16. The van der Waals surface area contributed by atoms with Crippen LogP contribution in [-0.2, 0) is 6.54 Å². The predicted octanol–water partition coefficient (Wildman–Crippen LogP) is 3.11. The third kappa shape index (κ3) is 2.94. The molecule has 6 nitrogen and oxygen atoms in total. The van der Waals surface area contributed by atoms with Crippen molar-refractivity contribution in [3.8, 4) is 11.5 Å². The highest BCUT2D eigenvalue weighted by Gasteiger charge is 2.11. The Kier molecular flexibility index (Phi) is 3.65. The monoisotopic (exact) mass is 332 g/mol. The molecule has 0 atom stereocenters. The van der Waals surface area contributed by atoms with E-state index in [1.165, 1.54) is 10.9 Å². The largest absolute Gasteiger partial charge is 0.334 e. The van der Waals surface area contributed by atoms with E-state index in [2.05, 4.69) is 15.1 Å². The fourth-order valence-electron chi connectivity index (χ4n) is 2.75. The highest BCUT2D eigenvalue weighted by molar-refractivity contribution is 5.77. The first-order chi connectivity index (χ1) is 12.1. The second kappa shape index (κ2) is 5.98. The zero-order valence-corrected chi connectivity index (χ0v) is 13.9. The lowest BCUT2D eigenvalue weighted by Gasteiger charge is -2.04. The molecule has 0 unspecified atom stereocenters. The molecule has 0 N–H and O–H groups in total. The van der Waals surface area contributed by atoms with Crippen LogP contribution in [0.25, 0.3) is 22.4 Å². The van der Waals surface area contributed by atoms with Crippen molar-refractivity contribution in [2.45, 2.75) is 20.4 Å². The topological polar surface area (TPSA) is 73.8 Å². The van der Waals surface area contributed by atoms with Gasteiger partial charge in [0.2, 0.25) is 0 Å². The van der Waals surface area contributed by atoms with Crippen LogP contribution in [0.5, 0.6) is 0 Å². The summed E-state index contributed by atoms with van der Waals surface area (Å²) in [5.74, 6) is 0.878. The van der Waals surface area contributed by atoms with Gasteiger partial charge in [-0.15, -0.1) is 0 Å². The Morgan fingerprint density at radius 3 is 2.76 bits per heavy atom. The molecule has 0 bridgehead atoms. The number of nitrogens with zero attached hydrogens (tertiary/aromatic N) is 4. The van der Waals surface area contributed by atoms with E-state index < -0.39 is 0 Å². The minimum absolute atomic E-state index is 0.115. The van der Waals surface area contributed by atoms with E-state index in [1.54, 1.807) is 0 Å². The Morgan fingerprint density at radius 2 is 1.92 bits per heavy atom. The van der Waals surface area contributed by atoms with E-state index in [9.17, 15) is 4.79 Å². The van der Waals surface area contributed by atoms with E-state index >= 15 is 0 Å². The van der Waals surface area contributed by atoms with Gasteiger partial charge in [-0.1, -0.05) is 34.5 Å². The highest BCUT2D eigenvalue weighted by atomic mass is 16.5. The van der Waals surface area contributed by atoms with E-state index in [-0.39, 0.29) is 12.1 Å². The maximum absolute atomic E-state index is 12.6. The summed E-state index contributed by atoms with van der Waals surface area (Å²) in [6, 6.07) is 13.5. The van der Waals surface area contributed by atoms with Gasteiger partial charge in [-0.05, 0) is 38.1 Å². The summed E-state index contributed by atoms with van der Waals surface area (Å²) in [7, 11) is 0. The Hall–Kier alpha value is -3.28. The minimum atomic E-state index is -0.115. The molecular formula is C19H16N4O2. The molecule has 25 heavy (non-hydrogen) atoms. The molecule has 2 aromatic heterocycles. The van der Waals surface area contributed by atoms with E-state index in [0.717, 1.165) is 16.7 Å². The van der Waals surface area contributed by atoms with Gasteiger partial charge in [0, 0.05) is 5.56 Å². The first-order valence-corrected chi connectivity index (χ1v) is 7.95. The molecule has 2 aromatic carbocycles. The first kappa shape index (κ1) is 15.3. The molecule has 0 saturated heterocycles. The maximum atomic E-state index is 12.6. The van der Waals surface area contributed by atoms with Gasteiger partial charge in [-0.2, -0.15) is 4.98 Å². The van der Waals surface area contributed by atoms with E-state index in [4.69, 9.17) is 4.52 Å². The Morgan fingerprint density at radius 1 is 1.08 bits per heavy atom. The molecular weight excluding hydrogens is 316 g/mol. The SMILES string of the molecule is Cc1cccc(-c2nc(Cn3cnc4ccc(C)cc4c3=O)no2)c1. The van der Waals surface area contributed by atoms with Crippen LogP contribution in [-0.4, -0.2) is 19.7 Å². The highest BCUT2D eigenvalue weighted by Crippen LogP contribution is 2.18. The molecule has 4 aromatic rings. The smallest absolute Gasteiger partial charge is 0.261 e. The van der Waals surface area contributed by atoms with Crippen molar-refractivity contribution in [3.63, 3.8) is 0 Å². The summed E-state index contributed by atoms with van der Waals surface area (Å²) >= 11 is 0. The Balaban J connectivity index is 1.68. The lowest BCUT2D eigenvalue weighted by molar-refractivity contribution is 0.420. The van der Waals surface area contributed by atoms with Crippen LogP contribution < -0.4 is 5.56 Å². The molecule has 0 fully saturated rings. The molecule has 0 aliphatic carbocycles. The predicted molar refractivity (Wildman–Crippen MR) is 94.3 cm³/mol. The van der Waals surface area contributed by atoms with Crippen molar-refractivity contribution in [2.75, 3.05) is 0 Å². The van der Waals surface area contributed by atoms with Crippen molar-refractivity contribution >= 4 is 10.9 Å². The maximum Gasteiger partial charge on any atom is 0.261 e. The van der Waals surface area contributed by atoms with Gasteiger partial charge in [0.15, 0.2) is 5.82 Å². The quantitative estimate of drug-likeness (QED) is 0.576. The molecule has 4 rings (SSSR count). The summed E-state index contributed by atoms with van der Waals surface area (Å²) in [5, 5.41) is 4.57. The van der Waals surface area contributed by atoms with Crippen LogP contribution >= 0.6 is 0 Å². The van der Waals surface area contributed by atoms with Crippen LogP contribution in [0.4, 0.5) is 0 Å². The fraction of sp³-hybridized carbons (Fsp3) is 0.158. The van der Waals surface area contributed by atoms with Gasteiger partial charge in [0.25, 0.3) is 11.4 Å². The number of hydrogen-bond acceptors (Lipinski definition) is 5. The van der Waals surface area contributed by atoms with Crippen molar-refractivity contribution in [1.82, 2.24) is 19.7 Å². The molecule has 0 saturated carbocycles. The number of rotatable bonds is 3. The van der Waals surface area contributed by atoms with Gasteiger partial charge >= 0.3 is 0 Å². The number of aryl methyl sites for hydroxylation is 2. The van der Waals surface area contributed by atoms with Crippen LogP contribution in [0.3, 0.4) is 0 Å². The Labute approximate surface area is 143 Å². The lowest BCUT2D eigenvalue weighted by atomic mass is 10.1. The lowest BCUT2D eigenvalue weighted by Crippen LogP contribution is -2.21. The first-order valence-electron chi connectivity index (χ1n) is 7.95. The Bertz CT molecular complexity index is 1130. The summed E-state index contributed by atoms with van der Waals surface area (Å²) < 4.78 is 6.82. The van der Waals surface area contributed by atoms with E-state index in [0.29, 0.717) is 22.6 Å². The normalized spacial score (nSPS) is 11.1. The third-order valence-electron chi connectivity index (χ3n) is 4.02. The van der Waals surface area contributed by atoms with Crippen LogP contribution in [0.2, 0.25) is 0 Å². The van der Waals surface area contributed by atoms with Crippen LogP contribution in [0.1, 0.15) is 17.0 Å². The van der Waals surface area contributed by atoms with Crippen LogP contribution in [0.15, 0.2) is 58.1 Å². The molecule has 0 amide bonds. The van der Waals surface area contributed by atoms with Crippen LogP contribution in [0, 0.1) is 13.8 Å². The summed E-state index contributed by atoms with van der Waals surface area (Å²) in [4.78, 5) is 21.4. The van der Waals surface area contributed by atoms with Gasteiger partial charge in [-0.25, -0.2) is 4.98 Å². The zero-order valence-electron chi connectivity index (χ0n) is 13.9. The average molecular weight is 332 g/mol. The van der Waals surface area contributed by atoms with Crippen molar-refractivity contribution in [3.05, 3.63) is 76.1 Å². The van der Waals surface area contributed by atoms with Crippen molar-refractivity contribution in [1.29, 1.82) is 0 Å². The fourth-order valence-corrected chi connectivity index (χ4v) is 2.75. The molecule has 0 aliphatic rings. The summed E-state index contributed by atoms with van der Waals surface area (Å²) in [5.41, 5.74) is 3.56. The van der Waals surface area contributed by atoms with E-state index in [1.807, 2.05) is 56.3 Å². The van der Waals surface area contributed by atoms with Gasteiger partial charge in [0.05, 0.1) is 23.8 Å². The molecule has 0 spiro atoms. The third-order valence-corrected chi connectivity index (χ3v) is 4.02. The molecule has 0 aliphatic heterocycles. The van der Waals surface area contributed by atoms with Gasteiger partial charge in [-0.3, -0.25) is 9.36 Å². The number of fused-ring (bicyclic) bond motifs is 1. The second-order valence-corrected chi connectivity index (χ2v) is 6.08. The molecule has 6 heteroatoms.